The molecule has 1 unspecified atom stereocenters. The van der Waals surface area contributed by atoms with Crippen LogP contribution in [0.15, 0.2) is 18.2 Å². The molecule has 1 aromatic carbocycles. The SMILES string of the molecule is CS(=O)(=O)N1CCN(C(=O)c2ccc(F)c(F)c2)C1C(=O)NC1CCC(N)CC1. The van der Waals surface area contributed by atoms with Gasteiger partial charge in [-0.2, -0.15) is 4.31 Å². The van der Waals surface area contributed by atoms with Crippen molar-refractivity contribution in [1.29, 1.82) is 0 Å². The molecule has 1 saturated carbocycles. The Balaban J connectivity index is 1.84. The minimum absolute atomic E-state index is 0.0431. The molecule has 8 nitrogen and oxygen atoms in total. The standard InChI is InChI=1S/C18H24F2N4O4S/c1-29(27,28)24-9-8-23(18(26)11-2-7-14(19)15(20)10-11)17(24)16(25)22-13-5-3-12(21)4-6-13/h2,7,10,12-13,17H,3-6,8-9,21H2,1H3,(H,22,25). The number of nitrogens with one attached hydrogen (secondary N) is 1. The van der Waals surface area contributed by atoms with Crippen LogP contribution in [-0.2, 0) is 14.8 Å². The molecule has 3 N–H and O–H groups in total. The zero-order valence-electron chi connectivity index (χ0n) is 16.0. The van der Waals surface area contributed by atoms with Crippen LogP contribution in [0.5, 0.6) is 0 Å². The van der Waals surface area contributed by atoms with Crippen LogP contribution in [0.25, 0.3) is 0 Å². The summed E-state index contributed by atoms with van der Waals surface area (Å²) in [7, 11) is -3.79. The van der Waals surface area contributed by atoms with Gasteiger partial charge in [-0.3, -0.25) is 9.59 Å². The van der Waals surface area contributed by atoms with Gasteiger partial charge in [0.15, 0.2) is 17.8 Å². The fraction of sp³-hybridized carbons (Fsp3) is 0.556. The molecule has 2 amide bonds. The predicted octanol–water partition coefficient (Wildman–Crippen LogP) is 0.394. The minimum atomic E-state index is -3.79. The molecular formula is C18H24F2N4O4S. The molecule has 29 heavy (non-hydrogen) atoms. The van der Waals surface area contributed by atoms with Crippen LogP contribution >= 0.6 is 0 Å². The zero-order valence-corrected chi connectivity index (χ0v) is 16.8. The van der Waals surface area contributed by atoms with Gasteiger partial charge in [0.2, 0.25) is 10.0 Å². The Kier molecular flexibility index (Phi) is 6.20. The van der Waals surface area contributed by atoms with E-state index in [1.807, 2.05) is 0 Å². The molecule has 0 bridgehead atoms. The van der Waals surface area contributed by atoms with Crippen LogP contribution in [0, 0.1) is 11.6 Å². The van der Waals surface area contributed by atoms with Crippen molar-refractivity contribution in [2.45, 2.75) is 43.9 Å². The highest BCUT2D eigenvalue weighted by atomic mass is 32.2. The summed E-state index contributed by atoms with van der Waals surface area (Å²) >= 11 is 0. The number of rotatable bonds is 4. The number of amides is 2. The van der Waals surface area contributed by atoms with E-state index in [0.29, 0.717) is 12.8 Å². The minimum Gasteiger partial charge on any atom is -0.350 e. The van der Waals surface area contributed by atoms with E-state index < -0.39 is 39.6 Å². The molecule has 2 aliphatic rings. The molecule has 1 aliphatic heterocycles. The summed E-state index contributed by atoms with van der Waals surface area (Å²) < 4.78 is 52.0. The Morgan fingerprint density at radius 3 is 2.34 bits per heavy atom. The van der Waals surface area contributed by atoms with Crippen molar-refractivity contribution < 1.29 is 26.8 Å². The van der Waals surface area contributed by atoms with Gasteiger partial charge in [0.05, 0.1) is 6.26 Å². The van der Waals surface area contributed by atoms with Gasteiger partial charge in [-0.15, -0.1) is 0 Å². The van der Waals surface area contributed by atoms with Crippen LogP contribution in [0.1, 0.15) is 36.0 Å². The highest BCUT2D eigenvalue weighted by Crippen LogP contribution is 2.23. The summed E-state index contributed by atoms with van der Waals surface area (Å²) in [6, 6.07) is 2.56. The summed E-state index contributed by atoms with van der Waals surface area (Å²) in [5.41, 5.74) is 5.70. The fourth-order valence-corrected chi connectivity index (χ4v) is 4.76. The highest BCUT2D eigenvalue weighted by molar-refractivity contribution is 7.88. The van der Waals surface area contributed by atoms with Crippen molar-refractivity contribution in [3.63, 3.8) is 0 Å². The van der Waals surface area contributed by atoms with Gasteiger partial charge in [0.1, 0.15) is 0 Å². The second-order valence-corrected chi connectivity index (χ2v) is 9.43. The molecule has 160 valence electrons. The monoisotopic (exact) mass is 430 g/mol. The quantitative estimate of drug-likeness (QED) is 0.718. The van der Waals surface area contributed by atoms with E-state index in [1.54, 1.807) is 0 Å². The number of hydrogen-bond acceptors (Lipinski definition) is 5. The number of nitrogens with zero attached hydrogens (tertiary/aromatic N) is 2. The third-order valence-electron chi connectivity index (χ3n) is 5.34. The molecule has 3 rings (SSSR count). The van der Waals surface area contributed by atoms with E-state index in [1.165, 1.54) is 0 Å². The first-order valence-electron chi connectivity index (χ1n) is 9.36. The Morgan fingerprint density at radius 2 is 1.76 bits per heavy atom. The fourth-order valence-electron chi connectivity index (χ4n) is 3.77. The molecule has 2 fully saturated rings. The number of hydrogen-bond donors (Lipinski definition) is 2. The van der Waals surface area contributed by atoms with E-state index >= 15 is 0 Å². The van der Waals surface area contributed by atoms with Crippen LogP contribution in [0.4, 0.5) is 8.78 Å². The summed E-state index contributed by atoms with van der Waals surface area (Å²) in [6.07, 6.45) is 2.37. The smallest absolute Gasteiger partial charge is 0.259 e. The lowest BCUT2D eigenvalue weighted by Crippen LogP contribution is -2.55. The van der Waals surface area contributed by atoms with E-state index in [0.717, 1.165) is 46.5 Å². The van der Waals surface area contributed by atoms with Crippen LogP contribution < -0.4 is 11.1 Å². The first-order chi connectivity index (χ1) is 13.6. The number of sulfonamides is 1. The van der Waals surface area contributed by atoms with Crippen molar-refractivity contribution in [3.8, 4) is 0 Å². The van der Waals surface area contributed by atoms with Gasteiger partial charge in [0, 0.05) is 30.7 Å². The second kappa shape index (κ2) is 8.33. The lowest BCUT2D eigenvalue weighted by atomic mass is 9.92. The van der Waals surface area contributed by atoms with E-state index in [2.05, 4.69) is 5.32 Å². The van der Waals surface area contributed by atoms with Crippen LogP contribution in [-0.4, -0.2) is 67.0 Å². The maximum Gasteiger partial charge on any atom is 0.259 e. The van der Waals surface area contributed by atoms with Crippen molar-refractivity contribution in [1.82, 2.24) is 14.5 Å². The van der Waals surface area contributed by atoms with Gasteiger partial charge in [0.25, 0.3) is 11.8 Å². The van der Waals surface area contributed by atoms with E-state index in [-0.39, 0.29) is 30.7 Å². The van der Waals surface area contributed by atoms with Crippen molar-refractivity contribution in [3.05, 3.63) is 35.4 Å². The number of nitrogens with two attached hydrogens (primary N) is 1. The van der Waals surface area contributed by atoms with Crippen molar-refractivity contribution in [2.75, 3.05) is 19.3 Å². The third kappa shape index (κ3) is 4.73. The lowest BCUT2D eigenvalue weighted by molar-refractivity contribution is -0.128. The van der Waals surface area contributed by atoms with Gasteiger partial charge in [-0.05, 0) is 43.9 Å². The first-order valence-corrected chi connectivity index (χ1v) is 11.2. The molecule has 1 saturated heterocycles. The van der Waals surface area contributed by atoms with Crippen LogP contribution in [0.3, 0.4) is 0 Å². The molecule has 0 spiro atoms. The summed E-state index contributed by atoms with van der Waals surface area (Å²) in [4.78, 5) is 26.9. The van der Waals surface area contributed by atoms with Gasteiger partial charge >= 0.3 is 0 Å². The third-order valence-corrected chi connectivity index (χ3v) is 6.57. The van der Waals surface area contributed by atoms with Crippen LogP contribution in [0.2, 0.25) is 0 Å². The molecule has 1 aromatic rings. The molecule has 1 aliphatic carbocycles. The highest BCUT2D eigenvalue weighted by Gasteiger charge is 2.45. The van der Waals surface area contributed by atoms with Gasteiger partial charge in [-0.1, -0.05) is 0 Å². The van der Waals surface area contributed by atoms with Gasteiger partial charge < -0.3 is 16.0 Å². The Morgan fingerprint density at radius 1 is 1.10 bits per heavy atom. The Bertz CT molecular complexity index is 903. The van der Waals surface area contributed by atoms with Crippen molar-refractivity contribution in [2.24, 2.45) is 5.73 Å². The Hall–Kier alpha value is -2.11. The molecule has 1 atom stereocenters. The number of carbonyl (C=O) groups excluding carboxylic acids is 2. The summed E-state index contributed by atoms with van der Waals surface area (Å²) in [6.45, 7) is -0.111. The maximum absolute atomic E-state index is 13.5. The number of benzene rings is 1. The predicted molar refractivity (Wildman–Crippen MR) is 101 cm³/mol. The largest absolute Gasteiger partial charge is 0.350 e. The molecule has 11 heteroatoms. The molecule has 0 aromatic heterocycles. The molecule has 0 radical (unpaired) electrons. The average molecular weight is 430 g/mol. The maximum atomic E-state index is 13.5. The number of carbonyl (C=O) groups is 2. The number of halogens is 2. The Labute approximate surface area is 168 Å². The summed E-state index contributed by atoms with van der Waals surface area (Å²) in [5.74, 6) is -3.68. The normalized spacial score (nSPS) is 25.8. The zero-order chi connectivity index (χ0) is 21.3. The second-order valence-electron chi connectivity index (χ2n) is 7.50. The lowest BCUT2D eigenvalue weighted by Gasteiger charge is -2.32. The van der Waals surface area contributed by atoms with Crippen molar-refractivity contribution >= 4 is 21.8 Å². The van der Waals surface area contributed by atoms with E-state index in [9.17, 15) is 26.8 Å². The molecule has 1 heterocycles. The average Bonchev–Trinajstić information content (AvgIpc) is 3.11. The first kappa shape index (κ1) is 21.6. The van der Waals surface area contributed by atoms with E-state index in [4.69, 9.17) is 5.73 Å². The topological polar surface area (TPSA) is 113 Å². The summed E-state index contributed by atoms with van der Waals surface area (Å²) in [5, 5.41) is 2.81. The van der Waals surface area contributed by atoms with Gasteiger partial charge in [-0.25, -0.2) is 17.2 Å². The molecular weight excluding hydrogens is 406 g/mol.